The smallest absolute Gasteiger partial charge is 0.357 e. The molecule has 2 N–H and O–H groups in total. The molecule has 0 aliphatic carbocycles. The van der Waals surface area contributed by atoms with E-state index in [0.717, 1.165) is 4.88 Å². The van der Waals surface area contributed by atoms with Crippen molar-refractivity contribution in [2.75, 3.05) is 24.9 Å². The maximum Gasteiger partial charge on any atom is 0.357 e. The van der Waals surface area contributed by atoms with Gasteiger partial charge in [0.15, 0.2) is 10.8 Å². The normalized spacial score (nSPS) is 10.4. The Kier molecular flexibility index (Phi) is 5.75. The molecule has 7 nitrogen and oxygen atoms in total. The second-order valence-corrected chi connectivity index (χ2v) is 6.19. The van der Waals surface area contributed by atoms with Crippen LogP contribution in [-0.4, -0.2) is 31.2 Å². The maximum atomic E-state index is 12.2. The van der Waals surface area contributed by atoms with E-state index in [1.54, 1.807) is 24.3 Å². The van der Waals surface area contributed by atoms with Crippen LogP contribution in [0.2, 0.25) is 0 Å². The molecule has 128 valence electrons. The number of hydrogen-bond acceptors (Lipinski definition) is 6. The van der Waals surface area contributed by atoms with Gasteiger partial charge in [0.2, 0.25) is 0 Å². The molecule has 2 rings (SSSR count). The van der Waals surface area contributed by atoms with Crippen molar-refractivity contribution in [1.82, 2.24) is 4.98 Å². The third-order valence-electron chi connectivity index (χ3n) is 3.13. The molecule has 0 saturated carbocycles. The zero-order valence-electron chi connectivity index (χ0n) is 13.9. The Morgan fingerprint density at radius 1 is 1.17 bits per heavy atom. The van der Waals surface area contributed by atoms with E-state index in [4.69, 9.17) is 9.47 Å². The van der Waals surface area contributed by atoms with Crippen LogP contribution in [0.1, 0.15) is 35.1 Å². The SMILES string of the molecule is COC(=O)c1nc(NC(=O)Nc2ccccc2OC)sc1C(C)C. The fourth-order valence-corrected chi connectivity index (χ4v) is 2.97. The molecular weight excluding hydrogens is 330 g/mol. The van der Waals surface area contributed by atoms with Gasteiger partial charge in [-0.25, -0.2) is 14.6 Å². The van der Waals surface area contributed by atoms with Crippen molar-refractivity contribution in [2.24, 2.45) is 0 Å². The summed E-state index contributed by atoms with van der Waals surface area (Å²) < 4.78 is 9.91. The lowest BCUT2D eigenvalue weighted by atomic mass is 10.1. The minimum absolute atomic E-state index is 0.0874. The van der Waals surface area contributed by atoms with Crippen molar-refractivity contribution in [3.8, 4) is 5.75 Å². The van der Waals surface area contributed by atoms with Crippen molar-refractivity contribution in [1.29, 1.82) is 0 Å². The summed E-state index contributed by atoms with van der Waals surface area (Å²) in [7, 11) is 2.82. The number of carbonyl (C=O) groups excluding carboxylic acids is 2. The van der Waals surface area contributed by atoms with Crippen molar-refractivity contribution in [2.45, 2.75) is 19.8 Å². The third-order valence-corrected chi connectivity index (χ3v) is 4.40. The van der Waals surface area contributed by atoms with E-state index in [-0.39, 0.29) is 11.6 Å². The molecule has 2 aromatic rings. The Morgan fingerprint density at radius 2 is 1.88 bits per heavy atom. The van der Waals surface area contributed by atoms with Gasteiger partial charge in [0.25, 0.3) is 0 Å². The van der Waals surface area contributed by atoms with Gasteiger partial charge >= 0.3 is 12.0 Å². The number of urea groups is 1. The summed E-state index contributed by atoms with van der Waals surface area (Å²) in [6.07, 6.45) is 0. The number of nitrogens with zero attached hydrogens (tertiary/aromatic N) is 1. The van der Waals surface area contributed by atoms with Crippen LogP contribution < -0.4 is 15.4 Å². The third kappa shape index (κ3) is 4.02. The Balaban J connectivity index is 2.16. The Hall–Kier alpha value is -2.61. The molecule has 0 atom stereocenters. The van der Waals surface area contributed by atoms with E-state index >= 15 is 0 Å². The van der Waals surface area contributed by atoms with Gasteiger partial charge in [0.05, 0.1) is 19.9 Å². The quantitative estimate of drug-likeness (QED) is 0.803. The number of nitrogens with one attached hydrogen (secondary N) is 2. The van der Waals surface area contributed by atoms with E-state index in [2.05, 4.69) is 15.6 Å². The highest BCUT2D eigenvalue weighted by Crippen LogP contribution is 2.30. The number of amides is 2. The lowest BCUT2D eigenvalue weighted by Crippen LogP contribution is -2.19. The van der Waals surface area contributed by atoms with Crippen LogP contribution in [-0.2, 0) is 4.74 Å². The second-order valence-electron chi connectivity index (χ2n) is 5.16. The van der Waals surface area contributed by atoms with E-state index < -0.39 is 12.0 Å². The summed E-state index contributed by atoms with van der Waals surface area (Å²) >= 11 is 1.25. The first-order valence-corrected chi connectivity index (χ1v) is 8.08. The van der Waals surface area contributed by atoms with E-state index in [0.29, 0.717) is 16.6 Å². The molecule has 24 heavy (non-hydrogen) atoms. The van der Waals surface area contributed by atoms with Crippen molar-refractivity contribution in [3.63, 3.8) is 0 Å². The van der Waals surface area contributed by atoms with Gasteiger partial charge < -0.3 is 14.8 Å². The number of rotatable bonds is 5. The molecule has 8 heteroatoms. The largest absolute Gasteiger partial charge is 0.495 e. The average molecular weight is 349 g/mol. The highest BCUT2D eigenvalue weighted by atomic mass is 32.1. The molecule has 0 fully saturated rings. The van der Waals surface area contributed by atoms with E-state index in [1.165, 1.54) is 25.6 Å². The van der Waals surface area contributed by atoms with Crippen LogP contribution in [0.15, 0.2) is 24.3 Å². The van der Waals surface area contributed by atoms with Crippen LogP contribution in [0.5, 0.6) is 5.75 Å². The second kappa shape index (κ2) is 7.78. The molecule has 0 radical (unpaired) electrons. The van der Waals surface area contributed by atoms with E-state index in [1.807, 2.05) is 13.8 Å². The van der Waals surface area contributed by atoms with Crippen molar-refractivity contribution in [3.05, 3.63) is 34.8 Å². The highest BCUT2D eigenvalue weighted by Gasteiger charge is 2.22. The van der Waals surface area contributed by atoms with Crippen molar-refractivity contribution >= 4 is 34.2 Å². The van der Waals surface area contributed by atoms with Gasteiger partial charge in [-0.1, -0.05) is 26.0 Å². The van der Waals surface area contributed by atoms with Gasteiger partial charge in [-0.15, -0.1) is 11.3 Å². The molecule has 0 saturated heterocycles. The summed E-state index contributed by atoms with van der Waals surface area (Å²) in [5, 5.41) is 5.64. The van der Waals surface area contributed by atoms with E-state index in [9.17, 15) is 9.59 Å². The summed E-state index contributed by atoms with van der Waals surface area (Å²) in [6.45, 7) is 3.89. The first kappa shape index (κ1) is 17.7. The molecule has 0 aliphatic rings. The average Bonchev–Trinajstić information content (AvgIpc) is 2.98. The minimum atomic E-state index is -0.520. The fraction of sp³-hybridized carbons (Fsp3) is 0.312. The zero-order valence-corrected chi connectivity index (χ0v) is 14.7. The van der Waals surface area contributed by atoms with Crippen LogP contribution in [0, 0.1) is 0 Å². The Labute approximate surface area is 144 Å². The number of para-hydroxylation sites is 2. The number of esters is 1. The molecule has 0 aliphatic heterocycles. The summed E-state index contributed by atoms with van der Waals surface area (Å²) in [6, 6.07) is 6.58. The summed E-state index contributed by atoms with van der Waals surface area (Å²) in [4.78, 5) is 28.9. The maximum absolute atomic E-state index is 12.2. The predicted molar refractivity (Wildman–Crippen MR) is 93.2 cm³/mol. The first-order chi connectivity index (χ1) is 11.5. The lowest BCUT2D eigenvalue weighted by molar-refractivity contribution is 0.0593. The topological polar surface area (TPSA) is 89.5 Å². The van der Waals surface area contributed by atoms with Gasteiger partial charge in [-0.05, 0) is 18.1 Å². The zero-order chi connectivity index (χ0) is 17.7. The van der Waals surface area contributed by atoms with Crippen molar-refractivity contribution < 1.29 is 19.1 Å². The molecule has 1 aromatic heterocycles. The lowest BCUT2D eigenvalue weighted by Gasteiger charge is -2.09. The number of benzene rings is 1. The van der Waals surface area contributed by atoms with Crippen LogP contribution in [0.4, 0.5) is 15.6 Å². The highest BCUT2D eigenvalue weighted by molar-refractivity contribution is 7.16. The van der Waals surface area contributed by atoms with Crippen LogP contribution in [0.25, 0.3) is 0 Å². The van der Waals surface area contributed by atoms with Gasteiger partial charge in [0, 0.05) is 4.88 Å². The molecule has 2 amide bonds. The van der Waals surface area contributed by atoms with Crippen LogP contribution in [0.3, 0.4) is 0 Å². The predicted octanol–water partition coefficient (Wildman–Crippen LogP) is 3.71. The number of hydrogen-bond donors (Lipinski definition) is 2. The minimum Gasteiger partial charge on any atom is -0.495 e. The monoisotopic (exact) mass is 349 g/mol. The van der Waals surface area contributed by atoms with Gasteiger partial charge in [0.1, 0.15) is 5.75 Å². The Bertz CT molecular complexity index is 743. The number of aromatic nitrogens is 1. The summed E-state index contributed by atoms with van der Waals surface area (Å²) in [5.41, 5.74) is 0.761. The number of methoxy groups -OCH3 is 2. The Morgan fingerprint density at radius 3 is 2.50 bits per heavy atom. The molecule has 1 aromatic carbocycles. The molecule has 0 unspecified atom stereocenters. The summed E-state index contributed by atoms with van der Waals surface area (Å²) in [5.74, 6) is 0.113. The van der Waals surface area contributed by atoms with Gasteiger partial charge in [-0.3, -0.25) is 5.32 Å². The number of thiazole rings is 1. The van der Waals surface area contributed by atoms with Gasteiger partial charge in [-0.2, -0.15) is 0 Å². The fourth-order valence-electron chi connectivity index (χ4n) is 2.02. The first-order valence-electron chi connectivity index (χ1n) is 7.26. The molecule has 1 heterocycles. The van der Waals surface area contributed by atoms with Crippen LogP contribution >= 0.6 is 11.3 Å². The number of ether oxygens (including phenoxy) is 2. The number of carbonyl (C=O) groups is 2. The molecule has 0 bridgehead atoms. The number of anilines is 2. The molecular formula is C16H19N3O4S. The standard InChI is InChI=1S/C16H19N3O4S/c1-9(2)13-12(14(20)23-4)18-16(24-13)19-15(21)17-10-7-5-6-8-11(10)22-3/h5-9H,1-4H3,(H2,17,18,19,21). The molecule has 0 spiro atoms.